The molecule has 4 nitrogen and oxygen atoms in total. The fourth-order valence-corrected chi connectivity index (χ4v) is 2.79. The first-order chi connectivity index (χ1) is 13.0. The number of ether oxygens (including phenoxy) is 1. The highest BCUT2D eigenvalue weighted by Gasteiger charge is 2.10. The van der Waals surface area contributed by atoms with Gasteiger partial charge >= 0.3 is 0 Å². The van der Waals surface area contributed by atoms with E-state index in [-0.39, 0.29) is 12.5 Å². The molecule has 0 aliphatic heterocycles. The highest BCUT2D eigenvalue weighted by atomic mass is 16.5. The lowest BCUT2D eigenvalue weighted by molar-refractivity contribution is -0.123. The van der Waals surface area contributed by atoms with E-state index in [1.807, 2.05) is 43.3 Å². The van der Waals surface area contributed by atoms with Crippen LogP contribution in [0.15, 0.2) is 53.6 Å². The zero-order chi connectivity index (χ0) is 19.6. The summed E-state index contributed by atoms with van der Waals surface area (Å²) in [6, 6.07) is 16.1. The zero-order valence-electron chi connectivity index (χ0n) is 16.8. The number of benzene rings is 2. The van der Waals surface area contributed by atoms with E-state index < -0.39 is 0 Å². The maximum absolute atomic E-state index is 12.2. The van der Waals surface area contributed by atoms with Crippen LogP contribution in [0.1, 0.15) is 62.6 Å². The summed E-state index contributed by atoms with van der Waals surface area (Å²) in [6.45, 7) is 8.33. The quantitative estimate of drug-likeness (QED) is 0.489. The maximum atomic E-state index is 12.2. The molecule has 2 rings (SSSR count). The molecule has 0 spiro atoms. The predicted molar refractivity (Wildman–Crippen MR) is 111 cm³/mol. The molecule has 144 valence electrons. The van der Waals surface area contributed by atoms with Crippen molar-refractivity contribution >= 4 is 11.6 Å². The molecule has 0 radical (unpaired) electrons. The Balaban J connectivity index is 2.01. The number of amides is 1. The third kappa shape index (κ3) is 6.55. The van der Waals surface area contributed by atoms with Crippen LogP contribution in [-0.2, 0) is 4.79 Å². The Morgan fingerprint density at radius 1 is 1.15 bits per heavy atom. The van der Waals surface area contributed by atoms with Gasteiger partial charge in [0.2, 0.25) is 0 Å². The highest BCUT2D eigenvalue weighted by Crippen LogP contribution is 2.27. The number of hydrogen-bond donors (Lipinski definition) is 1. The first-order valence-corrected chi connectivity index (χ1v) is 9.65. The molecule has 0 atom stereocenters. The van der Waals surface area contributed by atoms with Gasteiger partial charge in [0.05, 0.1) is 5.71 Å². The lowest BCUT2D eigenvalue weighted by Gasteiger charge is -2.14. The molecule has 1 N–H and O–H groups in total. The Morgan fingerprint density at radius 3 is 2.56 bits per heavy atom. The summed E-state index contributed by atoms with van der Waals surface area (Å²) in [5, 5.41) is 4.36. The lowest BCUT2D eigenvalue weighted by Crippen LogP contribution is -2.26. The van der Waals surface area contributed by atoms with E-state index in [0.29, 0.717) is 5.92 Å². The van der Waals surface area contributed by atoms with Crippen molar-refractivity contribution in [3.8, 4) is 5.75 Å². The molecular weight excluding hydrogens is 336 g/mol. The molecule has 4 heteroatoms. The van der Waals surface area contributed by atoms with Gasteiger partial charge in [-0.15, -0.1) is 0 Å². The SMILES string of the molecule is CCCC/C(=N/NC(=O)COc1cc(C)ccc1C(C)C)c1ccccc1. The van der Waals surface area contributed by atoms with Gasteiger partial charge in [0.1, 0.15) is 5.75 Å². The largest absolute Gasteiger partial charge is 0.483 e. The molecule has 0 fully saturated rings. The van der Waals surface area contributed by atoms with Crippen LogP contribution in [0.5, 0.6) is 5.75 Å². The van der Waals surface area contributed by atoms with E-state index in [0.717, 1.165) is 47.4 Å². The van der Waals surface area contributed by atoms with Gasteiger partial charge in [0, 0.05) is 0 Å². The Bertz CT molecular complexity index is 767. The Labute approximate surface area is 162 Å². The van der Waals surface area contributed by atoms with Crippen molar-refractivity contribution in [1.82, 2.24) is 5.43 Å². The van der Waals surface area contributed by atoms with Crippen LogP contribution in [0.25, 0.3) is 0 Å². The van der Waals surface area contributed by atoms with E-state index in [1.54, 1.807) is 0 Å². The summed E-state index contributed by atoms with van der Waals surface area (Å²) in [4.78, 5) is 12.2. The van der Waals surface area contributed by atoms with Crippen molar-refractivity contribution in [2.75, 3.05) is 6.61 Å². The van der Waals surface area contributed by atoms with Gasteiger partial charge in [0.15, 0.2) is 6.61 Å². The Hall–Kier alpha value is -2.62. The molecule has 1 amide bonds. The van der Waals surface area contributed by atoms with Gasteiger partial charge in [-0.25, -0.2) is 5.43 Å². The first kappa shape index (κ1) is 20.7. The minimum atomic E-state index is -0.254. The van der Waals surface area contributed by atoms with Crippen molar-refractivity contribution in [1.29, 1.82) is 0 Å². The second kappa shape index (κ2) is 10.5. The van der Waals surface area contributed by atoms with Crippen LogP contribution in [0.3, 0.4) is 0 Å². The van der Waals surface area contributed by atoms with Gasteiger partial charge in [-0.2, -0.15) is 5.10 Å². The fourth-order valence-electron chi connectivity index (χ4n) is 2.79. The standard InChI is InChI=1S/C23H30N2O2/c1-5-6-12-21(19-10-8-7-9-11-19)24-25-23(26)16-27-22-15-18(4)13-14-20(22)17(2)3/h7-11,13-15,17H,5-6,12,16H2,1-4H3,(H,25,26)/b24-21-. The molecule has 2 aromatic carbocycles. The minimum Gasteiger partial charge on any atom is -0.483 e. The third-order valence-corrected chi connectivity index (χ3v) is 4.34. The van der Waals surface area contributed by atoms with E-state index in [9.17, 15) is 4.79 Å². The molecule has 0 aromatic heterocycles. The van der Waals surface area contributed by atoms with Gasteiger partial charge in [-0.3, -0.25) is 4.79 Å². The van der Waals surface area contributed by atoms with Crippen LogP contribution >= 0.6 is 0 Å². The van der Waals surface area contributed by atoms with E-state index >= 15 is 0 Å². The van der Waals surface area contributed by atoms with Gasteiger partial charge in [0.25, 0.3) is 5.91 Å². The van der Waals surface area contributed by atoms with Crippen LogP contribution in [-0.4, -0.2) is 18.2 Å². The number of carbonyl (C=O) groups excluding carboxylic acids is 1. The molecule has 0 bridgehead atoms. The average Bonchev–Trinajstić information content (AvgIpc) is 2.67. The monoisotopic (exact) mass is 366 g/mol. The molecule has 2 aromatic rings. The van der Waals surface area contributed by atoms with Crippen LogP contribution in [0.4, 0.5) is 0 Å². The number of hydrazone groups is 1. The summed E-state index contributed by atoms with van der Waals surface area (Å²) in [5.74, 6) is 0.843. The van der Waals surface area contributed by atoms with Crippen LogP contribution in [0.2, 0.25) is 0 Å². The van der Waals surface area contributed by atoms with Crippen molar-refractivity contribution in [2.24, 2.45) is 5.10 Å². The molecule has 0 saturated carbocycles. The van der Waals surface area contributed by atoms with Crippen molar-refractivity contribution in [3.05, 3.63) is 65.2 Å². The second-order valence-corrected chi connectivity index (χ2v) is 7.05. The summed E-state index contributed by atoms with van der Waals surface area (Å²) in [5.41, 5.74) is 6.79. The molecule has 0 saturated heterocycles. The summed E-state index contributed by atoms with van der Waals surface area (Å²) in [7, 11) is 0. The smallest absolute Gasteiger partial charge is 0.277 e. The van der Waals surface area contributed by atoms with E-state index in [1.165, 1.54) is 0 Å². The second-order valence-electron chi connectivity index (χ2n) is 7.05. The summed E-state index contributed by atoms with van der Waals surface area (Å²) < 4.78 is 5.78. The van der Waals surface area contributed by atoms with Crippen LogP contribution < -0.4 is 10.2 Å². The van der Waals surface area contributed by atoms with Gasteiger partial charge < -0.3 is 4.74 Å². The molecular formula is C23H30N2O2. The lowest BCUT2D eigenvalue weighted by atomic mass is 10.0. The Morgan fingerprint density at radius 2 is 1.89 bits per heavy atom. The number of nitrogens with one attached hydrogen (secondary N) is 1. The van der Waals surface area contributed by atoms with Crippen molar-refractivity contribution in [2.45, 2.75) is 52.9 Å². The zero-order valence-corrected chi connectivity index (χ0v) is 16.8. The number of carbonyl (C=O) groups is 1. The molecule has 0 unspecified atom stereocenters. The Kier molecular flexibility index (Phi) is 8.05. The first-order valence-electron chi connectivity index (χ1n) is 9.65. The molecule has 27 heavy (non-hydrogen) atoms. The van der Waals surface area contributed by atoms with E-state index in [2.05, 4.69) is 43.4 Å². The number of rotatable bonds is 9. The maximum Gasteiger partial charge on any atom is 0.277 e. The topological polar surface area (TPSA) is 50.7 Å². The molecule has 0 aliphatic carbocycles. The highest BCUT2D eigenvalue weighted by molar-refractivity contribution is 6.01. The fraction of sp³-hybridized carbons (Fsp3) is 0.391. The number of nitrogens with zero attached hydrogens (tertiary/aromatic N) is 1. The predicted octanol–water partition coefficient (Wildman–Crippen LogP) is 5.21. The molecule has 0 aliphatic rings. The number of hydrogen-bond acceptors (Lipinski definition) is 3. The van der Waals surface area contributed by atoms with E-state index in [4.69, 9.17) is 4.74 Å². The van der Waals surface area contributed by atoms with Crippen molar-refractivity contribution < 1.29 is 9.53 Å². The number of unbranched alkanes of at least 4 members (excludes halogenated alkanes) is 1. The average molecular weight is 367 g/mol. The van der Waals surface area contributed by atoms with Gasteiger partial charge in [-0.05, 0) is 48.4 Å². The third-order valence-electron chi connectivity index (χ3n) is 4.34. The van der Waals surface area contributed by atoms with Gasteiger partial charge in [-0.1, -0.05) is 69.7 Å². The molecule has 0 heterocycles. The van der Waals surface area contributed by atoms with Crippen molar-refractivity contribution in [3.63, 3.8) is 0 Å². The minimum absolute atomic E-state index is 0.0531. The summed E-state index contributed by atoms with van der Waals surface area (Å²) in [6.07, 6.45) is 2.94. The van der Waals surface area contributed by atoms with Crippen LogP contribution in [0, 0.1) is 6.92 Å². The summed E-state index contributed by atoms with van der Waals surface area (Å²) >= 11 is 0. The normalized spacial score (nSPS) is 11.5. The number of aryl methyl sites for hydroxylation is 1.